The van der Waals surface area contributed by atoms with E-state index >= 15 is 0 Å². The first-order valence-corrected chi connectivity index (χ1v) is 6.32. The maximum absolute atomic E-state index is 8.84. The van der Waals surface area contributed by atoms with Crippen molar-refractivity contribution < 1.29 is 19.0 Å². The molecule has 0 spiro atoms. The summed E-state index contributed by atoms with van der Waals surface area (Å²) in [7, 11) is 1.67. The maximum atomic E-state index is 8.84. The Morgan fingerprint density at radius 2 is 2.00 bits per heavy atom. The third-order valence-corrected chi connectivity index (χ3v) is 2.50. The van der Waals surface area contributed by atoms with Crippen LogP contribution in [0.25, 0.3) is 0 Å². The highest BCUT2D eigenvalue weighted by atomic mass is 16.5. The predicted octanol–water partition coefficient (Wildman–Crippen LogP) is 1.30. The van der Waals surface area contributed by atoms with Crippen molar-refractivity contribution in [3.63, 3.8) is 0 Å². The van der Waals surface area contributed by atoms with Crippen molar-refractivity contribution in [1.82, 2.24) is 5.32 Å². The highest BCUT2D eigenvalue weighted by molar-refractivity contribution is 5.05. The van der Waals surface area contributed by atoms with Gasteiger partial charge in [0.1, 0.15) is 18.1 Å². The number of hydrogen-bond donors (Lipinski definition) is 2. The molecule has 0 saturated heterocycles. The Labute approximate surface area is 108 Å². The molecule has 0 aliphatic rings. The fourth-order valence-corrected chi connectivity index (χ4v) is 1.51. The van der Waals surface area contributed by atoms with Crippen molar-refractivity contribution in [2.75, 3.05) is 33.5 Å². The van der Waals surface area contributed by atoms with Crippen LogP contribution in [0.4, 0.5) is 0 Å². The molecule has 5 nitrogen and oxygen atoms in total. The molecular formula is C13H23NO4. The third-order valence-electron chi connectivity index (χ3n) is 2.50. The molecule has 0 bridgehead atoms. The molecule has 0 amide bonds. The van der Waals surface area contributed by atoms with Gasteiger partial charge in [-0.1, -0.05) is 0 Å². The summed E-state index contributed by atoms with van der Waals surface area (Å²) in [5.74, 6) is 1.47. The van der Waals surface area contributed by atoms with Crippen LogP contribution < -0.4 is 5.32 Å². The van der Waals surface area contributed by atoms with Gasteiger partial charge in [-0.3, -0.25) is 0 Å². The largest absolute Gasteiger partial charge is 0.462 e. The monoisotopic (exact) mass is 257 g/mol. The number of aliphatic hydroxyl groups is 1. The highest BCUT2D eigenvalue weighted by Crippen LogP contribution is 2.06. The lowest BCUT2D eigenvalue weighted by molar-refractivity contribution is 0.0688. The Morgan fingerprint density at radius 1 is 1.17 bits per heavy atom. The van der Waals surface area contributed by atoms with Crippen LogP contribution in [0.1, 0.15) is 24.4 Å². The fraction of sp³-hybridized carbons (Fsp3) is 0.692. The van der Waals surface area contributed by atoms with Gasteiger partial charge in [-0.2, -0.15) is 0 Å². The summed E-state index contributed by atoms with van der Waals surface area (Å²) in [5.41, 5.74) is 0. The van der Waals surface area contributed by atoms with E-state index in [0.717, 1.165) is 31.8 Å². The van der Waals surface area contributed by atoms with Crippen molar-refractivity contribution in [3.05, 3.63) is 23.7 Å². The van der Waals surface area contributed by atoms with Gasteiger partial charge in [0.25, 0.3) is 0 Å². The van der Waals surface area contributed by atoms with E-state index in [4.69, 9.17) is 19.0 Å². The van der Waals surface area contributed by atoms with E-state index in [0.29, 0.717) is 25.5 Å². The van der Waals surface area contributed by atoms with E-state index in [1.165, 1.54) is 0 Å². The molecule has 1 rings (SSSR count). The summed E-state index contributed by atoms with van der Waals surface area (Å²) in [6, 6.07) is 3.67. The van der Waals surface area contributed by atoms with Gasteiger partial charge in [-0.15, -0.1) is 0 Å². The minimum Gasteiger partial charge on any atom is -0.462 e. The molecule has 2 N–H and O–H groups in total. The molecule has 0 radical (unpaired) electrons. The Bertz CT molecular complexity index is 301. The second-order valence-corrected chi connectivity index (χ2v) is 4.02. The van der Waals surface area contributed by atoms with Crippen LogP contribution in [0.3, 0.4) is 0 Å². The lowest BCUT2D eigenvalue weighted by atomic mass is 10.3. The molecule has 0 aliphatic carbocycles. The van der Waals surface area contributed by atoms with Gasteiger partial charge in [0.2, 0.25) is 0 Å². The number of rotatable bonds is 11. The van der Waals surface area contributed by atoms with E-state index in [9.17, 15) is 0 Å². The summed E-state index contributed by atoms with van der Waals surface area (Å²) in [6.45, 7) is 3.69. The number of aliphatic hydroxyl groups excluding tert-OH is 1. The minimum absolute atomic E-state index is 0.0428. The average molecular weight is 257 g/mol. The van der Waals surface area contributed by atoms with Gasteiger partial charge in [0.15, 0.2) is 0 Å². The quantitative estimate of drug-likeness (QED) is 0.585. The molecule has 0 fully saturated rings. The Morgan fingerprint density at radius 3 is 2.72 bits per heavy atom. The van der Waals surface area contributed by atoms with Gasteiger partial charge < -0.3 is 24.3 Å². The number of unbranched alkanes of at least 4 members (excludes halogenated alkanes) is 1. The van der Waals surface area contributed by atoms with Crippen LogP contribution in [0.5, 0.6) is 0 Å². The minimum atomic E-state index is -0.0428. The smallest absolute Gasteiger partial charge is 0.129 e. The predicted molar refractivity (Wildman–Crippen MR) is 68.3 cm³/mol. The van der Waals surface area contributed by atoms with Gasteiger partial charge in [-0.05, 0) is 31.5 Å². The summed E-state index contributed by atoms with van der Waals surface area (Å²) >= 11 is 0. The van der Waals surface area contributed by atoms with Crippen LogP contribution >= 0.6 is 0 Å². The van der Waals surface area contributed by atoms with Crippen molar-refractivity contribution in [3.8, 4) is 0 Å². The molecule has 0 unspecified atom stereocenters. The molecule has 5 heteroatoms. The molecular weight excluding hydrogens is 234 g/mol. The Balaban J connectivity index is 1.89. The zero-order chi connectivity index (χ0) is 13.1. The van der Waals surface area contributed by atoms with Crippen LogP contribution in [0.2, 0.25) is 0 Å². The summed E-state index contributed by atoms with van der Waals surface area (Å²) < 4.78 is 15.6. The first-order valence-electron chi connectivity index (χ1n) is 6.32. The zero-order valence-corrected chi connectivity index (χ0v) is 11.0. The van der Waals surface area contributed by atoms with E-state index < -0.39 is 0 Å². The highest BCUT2D eigenvalue weighted by Gasteiger charge is 1.99. The lowest BCUT2D eigenvalue weighted by Gasteiger charge is -2.04. The van der Waals surface area contributed by atoms with Crippen LogP contribution in [-0.2, 0) is 22.6 Å². The normalized spacial score (nSPS) is 11.0. The molecule has 0 aromatic carbocycles. The maximum Gasteiger partial charge on any atom is 0.129 e. The van der Waals surface area contributed by atoms with E-state index in [1.807, 2.05) is 6.07 Å². The van der Waals surface area contributed by atoms with E-state index in [1.54, 1.807) is 13.2 Å². The molecule has 0 aliphatic heterocycles. The number of hydrogen-bond acceptors (Lipinski definition) is 5. The third kappa shape index (κ3) is 6.76. The number of ether oxygens (including phenoxy) is 2. The van der Waals surface area contributed by atoms with Crippen molar-refractivity contribution >= 4 is 0 Å². The lowest BCUT2D eigenvalue weighted by Crippen LogP contribution is -2.15. The summed E-state index contributed by atoms with van der Waals surface area (Å²) in [5, 5.41) is 12.1. The summed E-state index contributed by atoms with van der Waals surface area (Å²) in [6.07, 6.45) is 2.11. The van der Waals surface area contributed by atoms with E-state index in [2.05, 4.69) is 5.32 Å². The number of furan rings is 1. The molecule has 1 aromatic rings. The Kier molecular flexibility index (Phi) is 8.50. The van der Waals surface area contributed by atoms with Crippen LogP contribution in [0.15, 0.2) is 16.5 Å². The van der Waals surface area contributed by atoms with Crippen molar-refractivity contribution in [2.45, 2.75) is 26.0 Å². The second-order valence-electron chi connectivity index (χ2n) is 4.02. The van der Waals surface area contributed by atoms with Gasteiger partial charge in [-0.25, -0.2) is 0 Å². The first kappa shape index (κ1) is 15.2. The van der Waals surface area contributed by atoms with Crippen LogP contribution in [0, 0.1) is 0 Å². The number of nitrogens with one attached hydrogen (secondary N) is 1. The molecule has 18 heavy (non-hydrogen) atoms. The standard InChI is InChI=1S/C13H23NO4/c1-16-8-9-17-7-3-2-6-14-10-12-4-5-13(11-15)18-12/h4-5,14-15H,2-3,6-11H2,1H3. The van der Waals surface area contributed by atoms with Crippen LogP contribution in [-0.4, -0.2) is 38.6 Å². The second kappa shape index (κ2) is 10.1. The zero-order valence-electron chi connectivity index (χ0n) is 11.0. The van der Waals surface area contributed by atoms with Crippen molar-refractivity contribution in [2.24, 2.45) is 0 Å². The number of methoxy groups -OCH3 is 1. The van der Waals surface area contributed by atoms with Gasteiger partial charge in [0.05, 0.1) is 19.8 Å². The molecule has 1 heterocycles. The SMILES string of the molecule is COCCOCCCCNCc1ccc(CO)o1. The molecule has 104 valence electrons. The first-order chi connectivity index (χ1) is 8.86. The average Bonchev–Trinajstić information content (AvgIpc) is 2.85. The molecule has 1 aromatic heterocycles. The fourth-order valence-electron chi connectivity index (χ4n) is 1.51. The molecule has 0 saturated carbocycles. The van der Waals surface area contributed by atoms with Crippen molar-refractivity contribution in [1.29, 1.82) is 0 Å². The Hall–Kier alpha value is -0.880. The summed E-state index contributed by atoms with van der Waals surface area (Å²) in [4.78, 5) is 0. The van der Waals surface area contributed by atoms with Gasteiger partial charge in [0, 0.05) is 13.7 Å². The topological polar surface area (TPSA) is 63.9 Å². The molecule has 0 atom stereocenters. The van der Waals surface area contributed by atoms with Gasteiger partial charge >= 0.3 is 0 Å². The van der Waals surface area contributed by atoms with E-state index in [-0.39, 0.29) is 6.61 Å².